The molecule has 0 bridgehead atoms. The molecule has 276 valence electrons. The van der Waals surface area contributed by atoms with E-state index in [1.807, 2.05) is 6.07 Å². The van der Waals surface area contributed by atoms with Gasteiger partial charge in [-0.3, -0.25) is 0 Å². The maximum absolute atomic E-state index is 6.79. The molecule has 1 N–H and O–H groups in total. The minimum atomic E-state index is -0.384. The van der Waals surface area contributed by atoms with Crippen molar-refractivity contribution in [2.75, 3.05) is 0 Å². The molecule has 0 saturated carbocycles. The Bertz CT molecular complexity index is 3780. The van der Waals surface area contributed by atoms with Gasteiger partial charge in [0.05, 0.1) is 16.7 Å². The fraction of sp³-hybridized carbons (Fsp3) is 0.0189. The number of nitrogens with one attached hydrogen (secondary N) is 1. The summed E-state index contributed by atoms with van der Waals surface area (Å²) < 4.78 is 11.7. The van der Waals surface area contributed by atoms with Crippen molar-refractivity contribution in [2.45, 2.75) is 6.17 Å². The summed E-state index contributed by atoms with van der Waals surface area (Å²) in [5, 5.41) is 15.5. The highest BCUT2D eigenvalue weighted by Crippen LogP contribution is 2.41. The molecule has 1 unspecified atom stereocenters. The summed E-state index contributed by atoms with van der Waals surface area (Å²) in [5.41, 5.74) is 7.91. The molecule has 6 heteroatoms. The van der Waals surface area contributed by atoms with Crippen molar-refractivity contribution in [1.82, 2.24) is 9.88 Å². The van der Waals surface area contributed by atoms with Gasteiger partial charge in [-0.2, -0.15) is 0 Å². The van der Waals surface area contributed by atoms with E-state index >= 15 is 0 Å². The number of rotatable bonds is 4. The first-order valence-corrected chi connectivity index (χ1v) is 20.7. The molecule has 59 heavy (non-hydrogen) atoms. The Kier molecular flexibility index (Phi) is 6.88. The topological polar surface area (TPSA) is 54.8 Å². The van der Waals surface area contributed by atoms with Crippen LogP contribution in [-0.2, 0) is 0 Å². The molecule has 0 saturated heterocycles. The number of benzene rings is 9. The minimum Gasteiger partial charge on any atom is -0.456 e. The van der Waals surface area contributed by atoms with Crippen LogP contribution in [-0.4, -0.2) is 16.2 Å². The van der Waals surface area contributed by atoms with Crippen LogP contribution in [0.1, 0.15) is 22.9 Å². The molecule has 0 spiro atoms. The molecule has 0 amide bonds. The van der Waals surface area contributed by atoms with Crippen molar-refractivity contribution in [3.63, 3.8) is 0 Å². The molecule has 0 radical (unpaired) electrons. The summed E-state index contributed by atoms with van der Waals surface area (Å²) in [5.74, 6) is 1.42. The molecule has 1 aliphatic rings. The molecule has 4 heterocycles. The van der Waals surface area contributed by atoms with Gasteiger partial charge >= 0.3 is 0 Å². The summed E-state index contributed by atoms with van der Waals surface area (Å²) in [6.45, 7) is 0. The highest BCUT2D eigenvalue weighted by molar-refractivity contribution is 7.25. The number of thiophene rings is 1. The molecule has 3 aromatic heterocycles. The van der Waals surface area contributed by atoms with Crippen LogP contribution in [0.25, 0.3) is 91.1 Å². The van der Waals surface area contributed by atoms with Crippen LogP contribution >= 0.6 is 11.3 Å². The minimum absolute atomic E-state index is 0.384. The van der Waals surface area contributed by atoms with Gasteiger partial charge in [-0.05, 0) is 81.7 Å². The van der Waals surface area contributed by atoms with E-state index in [0.717, 1.165) is 66.6 Å². The van der Waals surface area contributed by atoms with E-state index in [1.54, 1.807) is 11.3 Å². The van der Waals surface area contributed by atoms with Gasteiger partial charge in [0.1, 0.15) is 23.2 Å². The number of fused-ring (bicyclic) bond motifs is 11. The first kappa shape index (κ1) is 32.5. The average molecular weight is 773 g/mol. The SMILES string of the molecule is c1ccc(C2N=C(c3cccc4sc5ccccc5c34)N=C(c3cc4oc5cc6ccccc6cc5c4cc3-n3c4ccccc4c4cc5ccccc5cc43)N2)cc1. The Morgan fingerprint density at radius 2 is 1.14 bits per heavy atom. The Morgan fingerprint density at radius 3 is 1.97 bits per heavy atom. The standard InChI is InChI=1S/C53H32N4OS/c1-2-13-31(14-3-1)51-54-52(38-21-12-24-49-50(38)37-20-9-11-23-48(37)59-49)56-53(55-51)42-30-47-41(40-26-33-16-5-7-18-35(33)28-46(40)58-47)29-45(42)57-43-22-10-8-19-36(43)39-25-32-15-4-6-17-34(32)27-44(39)57/h1-30,51H,(H,54,55,56). The second kappa shape index (κ2) is 12.5. The van der Waals surface area contributed by atoms with E-state index in [-0.39, 0.29) is 6.17 Å². The first-order valence-electron chi connectivity index (χ1n) is 19.9. The van der Waals surface area contributed by atoms with Gasteiger partial charge in [0.15, 0.2) is 5.84 Å². The number of furan rings is 1. The lowest BCUT2D eigenvalue weighted by atomic mass is 10.0. The third kappa shape index (κ3) is 4.97. The molecule has 1 atom stereocenters. The maximum Gasteiger partial charge on any atom is 0.160 e. The summed E-state index contributed by atoms with van der Waals surface area (Å²) in [6.07, 6.45) is -0.384. The second-order valence-electron chi connectivity index (χ2n) is 15.4. The fourth-order valence-electron chi connectivity index (χ4n) is 9.26. The van der Waals surface area contributed by atoms with Crippen LogP contribution in [0.4, 0.5) is 0 Å². The Balaban J connectivity index is 1.14. The molecule has 1 aliphatic heterocycles. The number of para-hydroxylation sites is 1. The van der Waals surface area contributed by atoms with Gasteiger partial charge in [0.2, 0.25) is 0 Å². The summed E-state index contributed by atoms with van der Waals surface area (Å²) in [6, 6.07) is 65.0. The van der Waals surface area contributed by atoms with Crippen molar-refractivity contribution in [3.8, 4) is 5.69 Å². The molecule has 13 rings (SSSR count). The third-order valence-corrected chi connectivity index (χ3v) is 13.1. The Morgan fingerprint density at radius 1 is 0.492 bits per heavy atom. The van der Waals surface area contributed by atoms with Gasteiger partial charge < -0.3 is 14.3 Å². The zero-order valence-electron chi connectivity index (χ0n) is 31.6. The zero-order valence-corrected chi connectivity index (χ0v) is 32.4. The van der Waals surface area contributed by atoms with Crippen molar-refractivity contribution in [1.29, 1.82) is 0 Å². The van der Waals surface area contributed by atoms with Crippen molar-refractivity contribution >= 4 is 108 Å². The molecular weight excluding hydrogens is 741 g/mol. The van der Waals surface area contributed by atoms with Gasteiger partial charge in [0.25, 0.3) is 0 Å². The predicted octanol–water partition coefficient (Wildman–Crippen LogP) is 13.9. The monoisotopic (exact) mass is 772 g/mol. The highest BCUT2D eigenvalue weighted by Gasteiger charge is 2.27. The van der Waals surface area contributed by atoms with E-state index in [4.69, 9.17) is 14.4 Å². The summed E-state index contributed by atoms with van der Waals surface area (Å²) in [4.78, 5) is 10.9. The van der Waals surface area contributed by atoms with Gasteiger partial charge in [-0.25, -0.2) is 9.98 Å². The highest BCUT2D eigenvalue weighted by atomic mass is 32.1. The van der Waals surface area contributed by atoms with E-state index < -0.39 is 0 Å². The molecule has 0 aliphatic carbocycles. The lowest BCUT2D eigenvalue weighted by Gasteiger charge is -2.25. The number of aromatic nitrogens is 1. The zero-order chi connectivity index (χ0) is 38.6. The van der Waals surface area contributed by atoms with Crippen LogP contribution in [0.3, 0.4) is 0 Å². The number of hydrogen-bond acceptors (Lipinski definition) is 5. The van der Waals surface area contributed by atoms with Crippen LogP contribution in [0.2, 0.25) is 0 Å². The smallest absolute Gasteiger partial charge is 0.160 e. The molecule has 0 fully saturated rings. The van der Waals surface area contributed by atoms with E-state index in [9.17, 15) is 0 Å². The van der Waals surface area contributed by atoms with E-state index in [2.05, 4.69) is 186 Å². The van der Waals surface area contributed by atoms with Gasteiger partial charge in [0, 0.05) is 52.8 Å². The summed E-state index contributed by atoms with van der Waals surface area (Å²) in [7, 11) is 0. The number of hydrogen-bond donors (Lipinski definition) is 1. The quantitative estimate of drug-likeness (QED) is 0.194. The van der Waals surface area contributed by atoms with E-state index in [1.165, 1.54) is 47.1 Å². The predicted molar refractivity (Wildman–Crippen MR) is 248 cm³/mol. The van der Waals surface area contributed by atoms with Crippen LogP contribution < -0.4 is 5.32 Å². The maximum atomic E-state index is 6.79. The normalized spacial score (nSPS) is 14.6. The second-order valence-corrected chi connectivity index (χ2v) is 16.5. The fourth-order valence-corrected chi connectivity index (χ4v) is 10.4. The van der Waals surface area contributed by atoms with E-state index in [0.29, 0.717) is 5.84 Å². The lowest BCUT2D eigenvalue weighted by molar-refractivity contribution is 0.666. The van der Waals surface area contributed by atoms with Crippen LogP contribution in [0, 0.1) is 0 Å². The largest absolute Gasteiger partial charge is 0.456 e. The van der Waals surface area contributed by atoms with Crippen LogP contribution in [0.5, 0.6) is 0 Å². The molecule has 5 nitrogen and oxygen atoms in total. The number of aliphatic imine (C=N–C) groups is 2. The third-order valence-electron chi connectivity index (χ3n) is 12.0. The Labute approximate surface area is 341 Å². The summed E-state index contributed by atoms with van der Waals surface area (Å²) >= 11 is 1.81. The number of nitrogens with zero attached hydrogens (tertiary/aromatic N) is 3. The first-order chi connectivity index (χ1) is 29.2. The van der Waals surface area contributed by atoms with Gasteiger partial charge in [-0.1, -0.05) is 127 Å². The molecule has 9 aromatic carbocycles. The lowest BCUT2D eigenvalue weighted by Crippen LogP contribution is -2.34. The van der Waals surface area contributed by atoms with Crippen molar-refractivity contribution < 1.29 is 4.42 Å². The Hall–Kier alpha value is -7.54. The number of amidine groups is 2. The van der Waals surface area contributed by atoms with Gasteiger partial charge in [-0.15, -0.1) is 11.3 Å². The molecule has 12 aromatic rings. The molecular formula is C53H32N4OS. The van der Waals surface area contributed by atoms with Crippen molar-refractivity contribution in [2.24, 2.45) is 9.98 Å². The average Bonchev–Trinajstić information content (AvgIpc) is 3.95. The van der Waals surface area contributed by atoms with Crippen molar-refractivity contribution in [3.05, 3.63) is 199 Å². The van der Waals surface area contributed by atoms with Crippen LogP contribution in [0.15, 0.2) is 196 Å².